The number of hydrogen-bond acceptors (Lipinski definition) is 5. The Kier molecular flexibility index (Phi) is 4.62. The lowest BCUT2D eigenvalue weighted by Gasteiger charge is -2.32. The van der Waals surface area contributed by atoms with Crippen LogP contribution in [0.5, 0.6) is 5.75 Å². The van der Waals surface area contributed by atoms with Crippen molar-refractivity contribution in [3.05, 3.63) is 70.3 Å². The normalized spacial score (nSPS) is 20.2. The van der Waals surface area contributed by atoms with Gasteiger partial charge in [0.2, 0.25) is 0 Å². The molecule has 7 nitrogen and oxygen atoms in total. The highest BCUT2D eigenvalue weighted by molar-refractivity contribution is 7.36. The van der Waals surface area contributed by atoms with E-state index in [0.717, 1.165) is 5.56 Å². The number of hydroxylamine groups is 1. The lowest BCUT2D eigenvalue weighted by atomic mass is 10.1. The van der Waals surface area contributed by atoms with E-state index in [4.69, 9.17) is 9.36 Å². The molecule has 1 saturated heterocycles. The molecule has 0 bridgehead atoms. The Morgan fingerprint density at radius 3 is 2.52 bits per heavy atom. The fourth-order valence-corrected chi connectivity index (χ4v) is 3.34. The van der Waals surface area contributed by atoms with Gasteiger partial charge in [0.15, 0.2) is 0 Å². The predicted octanol–water partition coefficient (Wildman–Crippen LogP) is 4.01. The molecule has 0 spiro atoms. The summed E-state index contributed by atoms with van der Waals surface area (Å²) in [5.41, 5.74) is 0.942. The molecule has 1 radical (unpaired) electrons. The van der Waals surface area contributed by atoms with E-state index in [0.29, 0.717) is 18.8 Å². The molecule has 3 rings (SSSR count). The third-order valence-corrected chi connectivity index (χ3v) is 4.54. The summed E-state index contributed by atoms with van der Waals surface area (Å²) < 4.78 is 17.4. The minimum Gasteiger partial charge on any atom is -0.393 e. The van der Waals surface area contributed by atoms with Crippen LogP contribution in [0.1, 0.15) is 18.0 Å². The Hall–Kier alpha value is -2.34. The van der Waals surface area contributed by atoms with Crippen LogP contribution in [0.2, 0.25) is 0 Å². The van der Waals surface area contributed by atoms with Crippen molar-refractivity contribution in [1.29, 1.82) is 0 Å². The maximum absolute atomic E-state index is 12.2. The van der Waals surface area contributed by atoms with Crippen LogP contribution in [0.15, 0.2) is 54.6 Å². The number of nitro groups is 1. The van der Waals surface area contributed by atoms with Gasteiger partial charge in [-0.05, 0) is 29.0 Å². The summed E-state index contributed by atoms with van der Waals surface area (Å²) in [4.78, 5) is 17.2. The van der Waals surface area contributed by atoms with E-state index < -0.39 is 13.1 Å². The molecule has 0 saturated carbocycles. The molecule has 2 aromatic carbocycles. The van der Waals surface area contributed by atoms with Gasteiger partial charge in [0.05, 0.1) is 17.6 Å². The summed E-state index contributed by atoms with van der Waals surface area (Å²) in [7, 11) is -2.13. The van der Waals surface area contributed by atoms with Crippen molar-refractivity contribution >= 4 is 13.9 Å². The first-order chi connectivity index (χ1) is 11.1. The predicted molar refractivity (Wildman–Crippen MR) is 82.9 cm³/mol. The Balaban J connectivity index is 1.82. The molecule has 1 aliphatic rings. The fraction of sp³-hybridized carbons (Fsp3) is 0.200. The standard InChI is InChI=1S/C15H14N2O5P/c18-16(19)13-6-8-14(9-7-13)22-17-15(10-11-21-23(17)20)12-4-2-1-3-5-12/h1-9,15H,10-11H2. The molecule has 0 N–H and O–H groups in total. The molecule has 1 heterocycles. The van der Waals surface area contributed by atoms with E-state index in [1.54, 1.807) is 0 Å². The third kappa shape index (κ3) is 3.53. The number of rotatable bonds is 4. The quantitative estimate of drug-likeness (QED) is 0.478. The number of hydrogen-bond donors (Lipinski definition) is 0. The van der Waals surface area contributed by atoms with Crippen LogP contribution < -0.4 is 4.84 Å². The average Bonchev–Trinajstić information content (AvgIpc) is 2.58. The average molecular weight is 333 g/mol. The van der Waals surface area contributed by atoms with Crippen molar-refractivity contribution in [2.24, 2.45) is 0 Å². The topological polar surface area (TPSA) is 81.9 Å². The van der Waals surface area contributed by atoms with Crippen LogP contribution in [0.3, 0.4) is 0 Å². The van der Waals surface area contributed by atoms with Crippen LogP contribution in [0.4, 0.5) is 5.69 Å². The van der Waals surface area contributed by atoms with Crippen molar-refractivity contribution < 1.29 is 18.8 Å². The van der Waals surface area contributed by atoms with E-state index >= 15 is 0 Å². The van der Waals surface area contributed by atoms with Gasteiger partial charge in [-0.25, -0.2) is 4.57 Å². The van der Waals surface area contributed by atoms with E-state index in [9.17, 15) is 14.7 Å². The van der Waals surface area contributed by atoms with E-state index in [1.165, 1.54) is 29.1 Å². The minimum absolute atomic E-state index is 0.0313. The minimum atomic E-state index is -2.13. The van der Waals surface area contributed by atoms with Gasteiger partial charge in [0.25, 0.3) is 5.69 Å². The maximum atomic E-state index is 12.2. The molecule has 1 fully saturated rings. The van der Waals surface area contributed by atoms with Gasteiger partial charge in [-0.2, -0.15) is 0 Å². The van der Waals surface area contributed by atoms with Crippen molar-refractivity contribution in [3.8, 4) is 5.75 Å². The summed E-state index contributed by atoms with van der Waals surface area (Å²) in [6.45, 7) is 0.384. The largest absolute Gasteiger partial charge is 0.393 e. The Morgan fingerprint density at radius 1 is 1.17 bits per heavy atom. The highest BCUT2D eigenvalue weighted by atomic mass is 31.1. The van der Waals surface area contributed by atoms with E-state index in [1.807, 2.05) is 30.3 Å². The highest BCUT2D eigenvalue weighted by Gasteiger charge is 2.33. The number of non-ortho nitro benzene ring substituents is 1. The lowest BCUT2D eigenvalue weighted by Crippen LogP contribution is -2.30. The maximum Gasteiger partial charge on any atom is 0.332 e. The van der Waals surface area contributed by atoms with Crippen LogP contribution in [-0.4, -0.2) is 16.4 Å². The zero-order valence-corrected chi connectivity index (χ0v) is 13.0. The SMILES string of the molecule is O=[N+]([O-])c1ccc(ON2C(c3ccccc3)CCO[P]2=O)cc1. The van der Waals surface area contributed by atoms with Gasteiger partial charge in [-0.1, -0.05) is 30.3 Å². The lowest BCUT2D eigenvalue weighted by molar-refractivity contribution is -0.384. The van der Waals surface area contributed by atoms with E-state index in [-0.39, 0.29) is 11.7 Å². The zero-order valence-electron chi connectivity index (χ0n) is 12.1. The summed E-state index contributed by atoms with van der Waals surface area (Å²) in [6.07, 6.45) is 0.637. The molecule has 2 atom stereocenters. The van der Waals surface area contributed by atoms with Crippen LogP contribution in [-0.2, 0) is 9.09 Å². The Bertz CT molecular complexity index is 708. The van der Waals surface area contributed by atoms with Gasteiger partial charge in [0.1, 0.15) is 5.75 Å². The van der Waals surface area contributed by atoms with Crippen LogP contribution in [0.25, 0.3) is 0 Å². The second-order valence-corrected chi connectivity index (χ2v) is 6.06. The van der Waals surface area contributed by atoms with E-state index in [2.05, 4.69) is 0 Å². The molecule has 0 aromatic heterocycles. The number of benzene rings is 2. The van der Waals surface area contributed by atoms with Crippen LogP contribution in [0, 0.1) is 10.1 Å². The summed E-state index contributed by atoms with van der Waals surface area (Å²) in [5, 5.41) is 10.7. The molecule has 8 heteroatoms. The van der Waals surface area contributed by atoms with Gasteiger partial charge in [-0.3, -0.25) is 14.6 Å². The highest BCUT2D eigenvalue weighted by Crippen LogP contribution is 2.44. The molecule has 119 valence electrons. The van der Waals surface area contributed by atoms with Crippen molar-refractivity contribution in [2.45, 2.75) is 12.5 Å². The first-order valence-corrected chi connectivity index (χ1v) is 8.15. The van der Waals surface area contributed by atoms with Crippen LogP contribution >= 0.6 is 8.18 Å². The van der Waals surface area contributed by atoms with Crippen molar-refractivity contribution in [2.75, 3.05) is 6.61 Å². The molecule has 0 aliphatic carbocycles. The second-order valence-electron chi connectivity index (χ2n) is 4.93. The molecule has 2 aromatic rings. The summed E-state index contributed by atoms with van der Waals surface area (Å²) in [6, 6.07) is 15.0. The molecule has 2 unspecified atom stereocenters. The van der Waals surface area contributed by atoms with Gasteiger partial charge < -0.3 is 4.84 Å². The van der Waals surface area contributed by atoms with Gasteiger partial charge >= 0.3 is 8.18 Å². The van der Waals surface area contributed by atoms with Gasteiger partial charge in [0, 0.05) is 12.1 Å². The molecule has 0 amide bonds. The second kappa shape index (κ2) is 6.83. The smallest absolute Gasteiger partial charge is 0.332 e. The summed E-state index contributed by atoms with van der Waals surface area (Å²) in [5.74, 6) is 0.366. The molecule has 1 aliphatic heterocycles. The number of nitro benzene ring substituents is 1. The Labute approximate surface area is 133 Å². The van der Waals surface area contributed by atoms with Crippen molar-refractivity contribution in [1.82, 2.24) is 4.83 Å². The molecule has 23 heavy (non-hydrogen) atoms. The molecular weight excluding hydrogens is 319 g/mol. The Morgan fingerprint density at radius 2 is 1.87 bits per heavy atom. The zero-order chi connectivity index (χ0) is 16.2. The summed E-state index contributed by atoms with van der Waals surface area (Å²) >= 11 is 0. The fourth-order valence-electron chi connectivity index (χ4n) is 2.33. The van der Waals surface area contributed by atoms with Crippen molar-refractivity contribution in [3.63, 3.8) is 0 Å². The monoisotopic (exact) mass is 333 g/mol. The molecular formula is C15H14N2O5P. The first kappa shape index (κ1) is 15.6. The third-order valence-electron chi connectivity index (χ3n) is 3.45. The van der Waals surface area contributed by atoms with Gasteiger partial charge in [-0.15, -0.1) is 0 Å². The number of nitrogens with zero attached hydrogens (tertiary/aromatic N) is 2. The first-order valence-electron chi connectivity index (χ1n) is 7.02.